The zero-order chi connectivity index (χ0) is 24.7. The van der Waals surface area contributed by atoms with Crippen LogP contribution in [0, 0.1) is 0 Å². The molecule has 0 fully saturated rings. The van der Waals surface area contributed by atoms with Crippen LogP contribution in [0.4, 0.5) is 5.00 Å². The minimum atomic E-state index is -0.388. The minimum absolute atomic E-state index is 0.244. The molecule has 0 atom stereocenters. The van der Waals surface area contributed by atoms with Gasteiger partial charge in [-0.1, -0.05) is 6.42 Å². The third-order valence-electron chi connectivity index (χ3n) is 5.37. The molecule has 1 aromatic heterocycles. The topological polar surface area (TPSA) is 83.1 Å². The van der Waals surface area contributed by atoms with Gasteiger partial charge in [0.05, 0.1) is 31.5 Å². The number of esters is 1. The van der Waals surface area contributed by atoms with Crippen LogP contribution in [0.15, 0.2) is 12.1 Å². The standard InChI is InChI=1S/C26H35NO6S/c1-6-30-19-14-17(15-20(31-7-2)23(19)32-8-3)24(28)27-25-22(26(29)33-16(4)5)18-12-10-9-11-13-21(18)34-25/h14-16H,6-13H2,1-5H3,(H,27,28). The Morgan fingerprint density at radius 2 is 1.56 bits per heavy atom. The van der Waals surface area contributed by atoms with Gasteiger partial charge in [-0.2, -0.15) is 0 Å². The summed E-state index contributed by atoms with van der Waals surface area (Å²) in [5.41, 5.74) is 1.87. The van der Waals surface area contributed by atoms with Gasteiger partial charge in [0.15, 0.2) is 11.5 Å². The number of hydrogen-bond acceptors (Lipinski definition) is 7. The number of hydrogen-bond donors (Lipinski definition) is 1. The van der Waals surface area contributed by atoms with Crippen molar-refractivity contribution in [1.29, 1.82) is 0 Å². The molecule has 0 saturated heterocycles. The third kappa shape index (κ3) is 6.03. The van der Waals surface area contributed by atoms with Gasteiger partial charge >= 0.3 is 5.97 Å². The van der Waals surface area contributed by atoms with Crippen LogP contribution in [-0.4, -0.2) is 37.8 Å². The van der Waals surface area contributed by atoms with Crippen molar-refractivity contribution >= 4 is 28.2 Å². The molecule has 0 saturated carbocycles. The van der Waals surface area contributed by atoms with E-state index in [0.717, 1.165) is 42.5 Å². The lowest BCUT2D eigenvalue weighted by atomic mass is 10.1. The number of amides is 1. The molecule has 1 heterocycles. The lowest BCUT2D eigenvalue weighted by Gasteiger charge is -2.17. The summed E-state index contributed by atoms with van der Waals surface area (Å²) >= 11 is 1.47. The normalized spacial score (nSPS) is 13.1. The van der Waals surface area contributed by atoms with Crippen LogP contribution in [0.5, 0.6) is 17.2 Å². The second-order valence-electron chi connectivity index (χ2n) is 8.28. The van der Waals surface area contributed by atoms with Crippen molar-refractivity contribution in [2.45, 2.75) is 72.8 Å². The molecule has 0 bridgehead atoms. The lowest BCUT2D eigenvalue weighted by molar-refractivity contribution is 0.0378. The molecule has 186 valence electrons. The number of thiophene rings is 1. The largest absolute Gasteiger partial charge is 0.490 e. The predicted octanol–water partition coefficient (Wildman–Crippen LogP) is 6.03. The molecule has 0 radical (unpaired) electrons. The molecule has 3 rings (SSSR count). The SMILES string of the molecule is CCOc1cc(C(=O)Nc2sc3c(c2C(=O)OC(C)C)CCCCC3)cc(OCC)c1OCC. The van der Waals surface area contributed by atoms with E-state index < -0.39 is 0 Å². The molecule has 1 N–H and O–H groups in total. The Bertz CT molecular complexity index is 986. The average Bonchev–Trinajstić information content (AvgIpc) is 2.96. The van der Waals surface area contributed by atoms with E-state index >= 15 is 0 Å². The smallest absolute Gasteiger partial charge is 0.341 e. The van der Waals surface area contributed by atoms with E-state index in [-0.39, 0.29) is 18.0 Å². The molecule has 1 amide bonds. The maximum Gasteiger partial charge on any atom is 0.341 e. The van der Waals surface area contributed by atoms with Crippen molar-refractivity contribution in [1.82, 2.24) is 0 Å². The molecule has 0 aliphatic heterocycles. The van der Waals surface area contributed by atoms with E-state index in [2.05, 4.69) is 5.32 Å². The molecule has 1 aliphatic carbocycles. The van der Waals surface area contributed by atoms with Crippen molar-refractivity contribution in [3.63, 3.8) is 0 Å². The monoisotopic (exact) mass is 489 g/mol. The van der Waals surface area contributed by atoms with Gasteiger partial charge in [-0.15, -0.1) is 11.3 Å². The van der Waals surface area contributed by atoms with E-state index in [1.165, 1.54) is 11.3 Å². The first-order chi connectivity index (χ1) is 16.4. The van der Waals surface area contributed by atoms with E-state index in [9.17, 15) is 9.59 Å². The second-order valence-corrected chi connectivity index (χ2v) is 9.38. The van der Waals surface area contributed by atoms with Crippen molar-refractivity contribution < 1.29 is 28.5 Å². The Hall–Kier alpha value is -2.74. The zero-order valence-corrected chi connectivity index (χ0v) is 21.6. The Balaban J connectivity index is 1.99. The Labute approximate surface area is 205 Å². The zero-order valence-electron chi connectivity index (χ0n) is 20.7. The van der Waals surface area contributed by atoms with Gasteiger partial charge in [0.1, 0.15) is 5.00 Å². The fourth-order valence-corrected chi connectivity index (χ4v) is 5.29. The number of carbonyl (C=O) groups excluding carboxylic acids is 2. The first-order valence-electron chi connectivity index (χ1n) is 12.1. The van der Waals surface area contributed by atoms with Crippen LogP contribution >= 0.6 is 11.3 Å². The Kier molecular flexibility index (Phi) is 9.21. The Morgan fingerprint density at radius 3 is 2.15 bits per heavy atom. The number of nitrogens with one attached hydrogen (secondary N) is 1. The number of carbonyl (C=O) groups is 2. The summed E-state index contributed by atoms with van der Waals surface area (Å²) in [7, 11) is 0. The summed E-state index contributed by atoms with van der Waals surface area (Å²) < 4.78 is 22.8. The maximum absolute atomic E-state index is 13.4. The first-order valence-corrected chi connectivity index (χ1v) is 12.9. The van der Waals surface area contributed by atoms with Gasteiger partial charge in [0.2, 0.25) is 5.75 Å². The van der Waals surface area contributed by atoms with Gasteiger partial charge in [0, 0.05) is 10.4 Å². The Morgan fingerprint density at radius 1 is 0.941 bits per heavy atom. The predicted molar refractivity (Wildman–Crippen MR) is 134 cm³/mol. The fourth-order valence-electron chi connectivity index (χ4n) is 4.01. The van der Waals surface area contributed by atoms with Gasteiger partial charge in [-0.3, -0.25) is 4.79 Å². The van der Waals surface area contributed by atoms with E-state index in [1.807, 2.05) is 34.6 Å². The van der Waals surface area contributed by atoms with E-state index in [1.54, 1.807) is 12.1 Å². The van der Waals surface area contributed by atoms with E-state index in [0.29, 0.717) is 53.2 Å². The van der Waals surface area contributed by atoms with Crippen molar-refractivity contribution in [3.05, 3.63) is 33.7 Å². The van der Waals surface area contributed by atoms with Crippen LogP contribution in [0.1, 0.15) is 85.0 Å². The van der Waals surface area contributed by atoms with Gasteiger partial charge in [-0.25, -0.2) is 4.79 Å². The molecule has 1 aromatic carbocycles. The highest BCUT2D eigenvalue weighted by Gasteiger charge is 2.28. The summed E-state index contributed by atoms with van der Waals surface area (Å²) in [5, 5.41) is 3.51. The van der Waals surface area contributed by atoms with Crippen molar-refractivity contribution in [2.24, 2.45) is 0 Å². The van der Waals surface area contributed by atoms with Crippen LogP contribution in [-0.2, 0) is 17.6 Å². The second kappa shape index (κ2) is 12.1. The summed E-state index contributed by atoms with van der Waals surface area (Å²) in [5.74, 6) is 0.636. The van der Waals surface area contributed by atoms with Crippen LogP contribution in [0.2, 0.25) is 0 Å². The van der Waals surface area contributed by atoms with Crippen molar-refractivity contribution in [2.75, 3.05) is 25.1 Å². The number of rotatable bonds is 10. The molecule has 7 nitrogen and oxygen atoms in total. The minimum Gasteiger partial charge on any atom is -0.490 e. The molecule has 1 aliphatic rings. The molecule has 2 aromatic rings. The van der Waals surface area contributed by atoms with Gasteiger partial charge in [-0.05, 0) is 78.0 Å². The number of anilines is 1. The summed E-state index contributed by atoms with van der Waals surface area (Å²) in [6, 6.07) is 3.30. The number of aryl methyl sites for hydroxylation is 1. The number of benzene rings is 1. The van der Waals surface area contributed by atoms with E-state index in [4.69, 9.17) is 18.9 Å². The van der Waals surface area contributed by atoms with Gasteiger partial charge < -0.3 is 24.3 Å². The molecule has 8 heteroatoms. The summed E-state index contributed by atoms with van der Waals surface area (Å²) in [4.78, 5) is 27.5. The molecular formula is C26H35NO6S. The van der Waals surface area contributed by atoms with Crippen LogP contribution < -0.4 is 19.5 Å². The number of ether oxygens (including phenoxy) is 4. The molecule has 0 spiro atoms. The highest BCUT2D eigenvalue weighted by molar-refractivity contribution is 7.17. The van der Waals surface area contributed by atoms with Crippen LogP contribution in [0.25, 0.3) is 0 Å². The molecule has 34 heavy (non-hydrogen) atoms. The first kappa shape index (κ1) is 25.9. The van der Waals surface area contributed by atoms with Gasteiger partial charge in [0.25, 0.3) is 5.91 Å². The maximum atomic E-state index is 13.4. The fraction of sp³-hybridized carbons (Fsp3) is 0.538. The highest BCUT2D eigenvalue weighted by Crippen LogP contribution is 2.41. The molecule has 0 unspecified atom stereocenters. The summed E-state index contributed by atoms with van der Waals surface area (Å²) in [6.45, 7) is 10.5. The highest BCUT2D eigenvalue weighted by atomic mass is 32.1. The summed E-state index contributed by atoms with van der Waals surface area (Å²) in [6.07, 6.45) is 4.71. The quantitative estimate of drug-likeness (QED) is 0.324. The third-order valence-corrected chi connectivity index (χ3v) is 6.57. The van der Waals surface area contributed by atoms with Crippen LogP contribution in [0.3, 0.4) is 0 Å². The average molecular weight is 490 g/mol. The number of fused-ring (bicyclic) bond motifs is 1. The lowest BCUT2D eigenvalue weighted by Crippen LogP contribution is -2.17. The van der Waals surface area contributed by atoms with Crippen molar-refractivity contribution in [3.8, 4) is 17.2 Å². The molecular weight excluding hydrogens is 454 g/mol.